The highest BCUT2D eigenvalue weighted by atomic mass is 32.1. The maximum Gasteiger partial charge on any atom is 0.145 e. The van der Waals surface area contributed by atoms with Gasteiger partial charge in [-0.2, -0.15) is 0 Å². The highest BCUT2D eigenvalue weighted by Gasteiger charge is 2.25. The zero-order chi connectivity index (χ0) is 42.1. The molecule has 0 aliphatic rings. The molecule has 0 aliphatic carbocycles. The standard InChI is InChI=1S/C60H38N2OS/c1-2-15-39(16-3-1)41-17-12-19-43(37-41)46-35-36-54(59-49-23-6-10-28-55(49)63-60(46)59)61(53-27-14-30-57-58(53)50-24-7-11-29-56(50)64-57)44-33-31-40(32-34-44)42-18-13-20-45(38-42)62-51-25-8-4-21-47(51)48-22-5-9-26-52(48)62/h1-38H. The molecule has 64 heavy (non-hydrogen) atoms. The molecule has 0 unspecified atom stereocenters. The van der Waals surface area contributed by atoms with Crippen molar-refractivity contribution in [3.05, 3.63) is 231 Å². The first kappa shape index (κ1) is 36.5. The summed E-state index contributed by atoms with van der Waals surface area (Å²) >= 11 is 1.84. The van der Waals surface area contributed by atoms with Gasteiger partial charge in [0.15, 0.2) is 0 Å². The highest BCUT2D eigenvalue weighted by Crippen LogP contribution is 2.50. The van der Waals surface area contributed by atoms with Gasteiger partial charge >= 0.3 is 0 Å². The Morgan fingerprint density at radius 3 is 1.75 bits per heavy atom. The predicted octanol–water partition coefficient (Wildman–Crippen LogP) is 17.5. The van der Waals surface area contributed by atoms with E-state index in [0.29, 0.717) is 0 Å². The van der Waals surface area contributed by atoms with Gasteiger partial charge in [-0.15, -0.1) is 11.3 Å². The van der Waals surface area contributed by atoms with Crippen LogP contribution in [-0.2, 0) is 0 Å². The van der Waals surface area contributed by atoms with E-state index in [2.05, 4.69) is 240 Å². The molecule has 0 amide bonds. The van der Waals surface area contributed by atoms with Crippen molar-refractivity contribution < 1.29 is 4.42 Å². The minimum absolute atomic E-state index is 0.864. The molecule has 3 nitrogen and oxygen atoms in total. The van der Waals surface area contributed by atoms with E-state index in [4.69, 9.17) is 4.42 Å². The summed E-state index contributed by atoms with van der Waals surface area (Å²) < 4.78 is 11.9. The Kier molecular flexibility index (Phi) is 8.40. The zero-order valence-corrected chi connectivity index (χ0v) is 35.5. The minimum atomic E-state index is 0.864. The van der Waals surface area contributed by atoms with Crippen molar-refractivity contribution >= 4 is 92.3 Å². The van der Waals surface area contributed by atoms with Crippen LogP contribution in [0.25, 0.3) is 103 Å². The third-order valence-electron chi connectivity index (χ3n) is 12.8. The first-order valence-electron chi connectivity index (χ1n) is 21.7. The summed E-state index contributed by atoms with van der Waals surface area (Å²) in [5.41, 5.74) is 15.4. The van der Waals surface area contributed by atoms with E-state index in [1.54, 1.807) is 0 Å². The Morgan fingerprint density at radius 2 is 0.953 bits per heavy atom. The van der Waals surface area contributed by atoms with Crippen LogP contribution in [0.2, 0.25) is 0 Å². The average Bonchev–Trinajstić information content (AvgIpc) is 4.05. The van der Waals surface area contributed by atoms with Gasteiger partial charge in [0, 0.05) is 53.3 Å². The molecule has 0 aliphatic heterocycles. The number of hydrogen-bond acceptors (Lipinski definition) is 3. The number of benzene rings is 10. The Bertz CT molecular complexity index is 3860. The molecule has 3 heterocycles. The van der Waals surface area contributed by atoms with Crippen molar-refractivity contribution in [1.82, 2.24) is 4.57 Å². The fourth-order valence-electron chi connectivity index (χ4n) is 9.90. The Morgan fingerprint density at radius 1 is 0.375 bits per heavy atom. The fraction of sp³-hybridized carbons (Fsp3) is 0. The van der Waals surface area contributed by atoms with Crippen molar-refractivity contribution in [3.63, 3.8) is 0 Å². The monoisotopic (exact) mass is 834 g/mol. The first-order chi connectivity index (χ1) is 31.7. The van der Waals surface area contributed by atoms with Gasteiger partial charge in [0.05, 0.1) is 27.8 Å². The van der Waals surface area contributed by atoms with Gasteiger partial charge in [-0.25, -0.2) is 0 Å². The second-order valence-corrected chi connectivity index (χ2v) is 17.5. The largest absolute Gasteiger partial charge is 0.455 e. The summed E-state index contributed by atoms with van der Waals surface area (Å²) in [6.07, 6.45) is 0. The van der Waals surface area contributed by atoms with Gasteiger partial charge in [0.1, 0.15) is 11.2 Å². The molecule has 300 valence electrons. The number of rotatable bonds is 7. The average molecular weight is 835 g/mol. The van der Waals surface area contributed by atoms with Gasteiger partial charge in [-0.1, -0.05) is 152 Å². The van der Waals surface area contributed by atoms with Gasteiger partial charge in [0.2, 0.25) is 0 Å². The molecule has 0 spiro atoms. The maximum atomic E-state index is 6.93. The van der Waals surface area contributed by atoms with Gasteiger partial charge in [-0.3, -0.25) is 0 Å². The number of furan rings is 1. The summed E-state index contributed by atoms with van der Waals surface area (Å²) in [6.45, 7) is 0. The molecule has 10 aromatic carbocycles. The van der Waals surface area contributed by atoms with Crippen LogP contribution in [0.15, 0.2) is 235 Å². The Labute approximate surface area is 373 Å². The molecule has 0 atom stereocenters. The second-order valence-electron chi connectivity index (χ2n) is 16.4. The number of aromatic nitrogens is 1. The lowest BCUT2D eigenvalue weighted by Crippen LogP contribution is -2.11. The topological polar surface area (TPSA) is 21.3 Å². The second kappa shape index (κ2) is 14.7. The summed E-state index contributed by atoms with van der Waals surface area (Å²) in [5, 5.41) is 7.18. The van der Waals surface area contributed by atoms with E-state index in [9.17, 15) is 0 Å². The zero-order valence-electron chi connectivity index (χ0n) is 34.7. The first-order valence-corrected chi connectivity index (χ1v) is 22.6. The number of thiophene rings is 1. The van der Waals surface area contributed by atoms with E-state index in [1.807, 2.05) is 11.3 Å². The van der Waals surface area contributed by atoms with Gasteiger partial charge < -0.3 is 13.9 Å². The molecule has 3 aromatic heterocycles. The predicted molar refractivity (Wildman–Crippen MR) is 272 cm³/mol. The lowest BCUT2D eigenvalue weighted by atomic mass is 9.96. The van der Waals surface area contributed by atoms with E-state index in [-0.39, 0.29) is 0 Å². The number of nitrogens with zero attached hydrogens (tertiary/aromatic N) is 2. The molecule has 4 heteroatoms. The molecular formula is C60H38N2OS. The normalized spacial score (nSPS) is 11.8. The smallest absolute Gasteiger partial charge is 0.145 e. The lowest BCUT2D eigenvalue weighted by molar-refractivity contribution is 0.670. The van der Waals surface area contributed by atoms with Crippen molar-refractivity contribution in [1.29, 1.82) is 0 Å². The van der Waals surface area contributed by atoms with Crippen LogP contribution in [0, 0.1) is 0 Å². The summed E-state index contributed by atoms with van der Waals surface area (Å²) in [6, 6.07) is 83.3. The van der Waals surface area contributed by atoms with E-state index >= 15 is 0 Å². The molecule has 13 aromatic rings. The Hall–Kier alpha value is -8.18. The highest BCUT2D eigenvalue weighted by molar-refractivity contribution is 7.26. The van der Waals surface area contributed by atoms with Crippen LogP contribution in [0.4, 0.5) is 17.1 Å². The number of fused-ring (bicyclic) bond motifs is 9. The van der Waals surface area contributed by atoms with E-state index < -0.39 is 0 Å². The van der Waals surface area contributed by atoms with Crippen LogP contribution >= 0.6 is 11.3 Å². The van der Waals surface area contributed by atoms with E-state index in [1.165, 1.54) is 53.1 Å². The molecule has 0 N–H and O–H groups in total. The Balaban J connectivity index is 1.00. The molecule has 0 saturated heterocycles. The molecule has 13 rings (SSSR count). The van der Waals surface area contributed by atoms with E-state index in [0.717, 1.165) is 66.9 Å². The number of hydrogen-bond donors (Lipinski definition) is 0. The van der Waals surface area contributed by atoms with Gasteiger partial charge in [-0.05, 0) is 107 Å². The minimum Gasteiger partial charge on any atom is -0.455 e. The molecule has 0 bridgehead atoms. The van der Waals surface area contributed by atoms with Crippen LogP contribution in [-0.4, -0.2) is 4.57 Å². The molecular weight excluding hydrogens is 797 g/mol. The summed E-state index contributed by atoms with van der Waals surface area (Å²) in [4.78, 5) is 2.45. The third-order valence-corrected chi connectivity index (χ3v) is 13.9. The molecule has 0 radical (unpaired) electrons. The number of anilines is 3. The molecule has 0 saturated carbocycles. The SMILES string of the molecule is c1ccc(-c2cccc(-c3ccc(N(c4ccc(-c5cccc(-n6c7ccccc7c7ccccc76)c5)cc4)c4cccc5sc6ccccc6c45)c4c3oc3ccccc34)c2)cc1. The lowest BCUT2D eigenvalue weighted by Gasteiger charge is -2.28. The van der Waals surface area contributed by atoms with Crippen molar-refractivity contribution in [2.45, 2.75) is 0 Å². The quantitative estimate of drug-likeness (QED) is 0.159. The summed E-state index contributed by atoms with van der Waals surface area (Å²) in [7, 11) is 0. The van der Waals surface area contributed by atoms with Crippen LogP contribution < -0.4 is 4.90 Å². The van der Waals surface area contributed by atoms with Gasteiger partial charge in [0.25, 0.3) is 0 Å². The van der Waals surface area contributed by atoms with Crippen molar-refractivity contribution in [3.8, 4) is 39.1 Å². The van der Waals surface area contributed by atoms with Crippen LogP contribution in [0.1, 0.15) is 0 Å². The van der Waals surface area contributed by atoms with Crippen LogP contribution in [0.3, 0.4) is 0 Å². The van der Waals surface area contributed by atoms with Crippen molar-refractivity contribution in [2.75, 3.05) is 4.90 Å². The van der Waals surface area contributed by atoms with Crippen LogP contribution in [0.5, 0.6) is 0 Å². The summed E-state index contributed by atoms with van der Waals surface area (Å²) in [5.74, 6) is 0. The van der Waals surface area contributed by atoms with Crippen molar-refractivity contribution in [2.24, 2.45) is 0 Å². The maximum absolute atomic E-state index is 6.93. The molecule has 0 fully saturated rings. The third kappa shape index (κ3) is 5.81. The fourth-order valence-corrected chi connectivity index (χ4v) is 11.0. The number of para-hydroxylation sites is 3.